The van der Waals surface area contributed by atoms with Crippen LogP contribution < -0.4 is 11.1 Å². The van der Waals surface area contributed by atoms with E-state index in [1.807, 2.05) is 24.1 Å². The van der Waals surface area contributed by atoms with Crippen LogP contribution in [0.15, 0.2) is 12.4 Å². The van der Waals surface area contributed by atoms with E-state index in [-0.39, 0.29) is 6.04 Å². The highest BCUT2D eigenvalue weighted by Gasteiger charge is 2.10. The number of nitrogens with zero attached hydrogens (tertiary/aromatic N) is 3. The highest BCUT2D eigenvalue weighted by atomic mass is 15.2. The molecule has 1 unspecified atom stereocenters. The maximum atomic E-state index is 5.78. The van der Waals surface area contributed by atoms with E-state index in [1.165, 1.54) is 0 Å². The minimum atomic E-state index is 0.208. The normalized spacial score (nSPS) is 13.2. The van der Waals surface area contributed by atoms with Crippen molar-refractivity contribution < 1.29 is 0 Å². The third kappa shape index (κ3) is 4.46. The van der Waals surface area contributed by atoms with Crippen LogP contribution in [-0.4, -0.2) is 47.4 Å². The van der Waals surface area contributed by atoms with E-state index < -0.39 is 0 Å². The zero-order chi connectivity index (χ0) is 12.7. The summed E-state index contributed by atoms with van der Waals surface area (Å²) in [6, 6.07) is 0.208. The first-order chi connectivity index (χ1) is 8.21. The van der Waals surface area contributed by atoms with Gasteiger partial charge >= 0.3 is 0 Å². The van der Waals surface area contributed by atoms with Gasteiger partial charge < -0.3 is 16.0 Å². The van der Waals surface area contributed by atoms with Crippen LogP contribution in [-0.2, 0) is 7.05 Å². The first-order valence-electron chi connectivity index (χ1n) is 6.35. The SMILES string of the molecule is CCN(CC)CCNC(CN)c1cnn(C)c1. The zero-order valence-electron chi connectivity index (χ0n) is 11.2. The van der Waals surface area contributed by atoms with Crippen LogP contribution in [0, 0.1) is 0 Å². The maximum absolute atomic E-state index is 5.78. The fourth-order valence-electron chi connectivity index (χ4n) is 1.89. The van der Waals surface area contributed by atoms with Crippen LogP contribution in [0.5, 0.6) is 0 Å². The van der Waals surface area contributed by atoms with Gasteiger partial charge in [-0.15, -0.1) is 0 Å². The molecule has 0 amide bonds. The Labute approximate surface area is 104 Å². The predicted octanol–water partition coefficient (Wildman–Crippen LogP) is 0.351. The Morgan fingerprint density at radius 1 is 1.47 bits per heavy atom. The molecule has 1 atom stereocenters. The molecule has 5 nitrogen and oxygen atoms in total. The highest BCUT2D eigenvalue weighted by Crippen LogP contribution is 2.09. The molecule has 1 rings (SSSR count). The Hall–Kier alpha value is -0.910. The molecule has 1 aromatic heterocycles. The zero-order valence-corrected chi connectivity index (χ0v) is 11.2. The molecule has 0 saturated carbocycles. The van der Waals surface area contributed by atoms with Crippen LogP contribution in [0.25, 0.3) is 0 Å². The van der Waals surface area contributed by atoms with Crippen molar-refractivity contribution in [3.8, 4) is 0 Å². The molecule has 1 aromatic rings. The first-order valence-corrected chi connectivity index (χ1v) is 6.35. The van der Waals surface area contributed by atoms with Crippen LogP contribution in [0.1, 0.15) is 25.5 Å². The lowest BCUT2D eigenvalue weighted by Crippen LogP contribution is -2.36. The number of rotatable bonds is 8. The summed E-state index contributed by atoms with van der Waals surface area (Å²) in [4.78, 5) is 2.39. The molecular formula is C12H25N5. The summed E-state index contributed by atoms with van der Waals surface area (Å²) in [6.45, 7) is 9.18. The minimum absolute atomic E-state index is 0.208. The lowest BCUT2D eigenvalue weighted by atomic mass is 10.1. The van der Waals surface area contributed by atoms with Gasteiger partial charge in [-0.05, 0) is 13.1 Å². The number of hydrogen-bond acceptors (Lipinski definition) is 4. The quantitative estimate of drug-likeness (QED) is 0.687. The number of likely N-dealkylation sites (N-methyl/N-ethyl adjacent to an activating group) is 1. The van der Waals surface area contributed by atoms with Crippen molar-refractivity contribution in [1.29, 1.82) is 0 Å². The standard InChI is InChI=1S/C12H25N5/c1-4-17(5-2)7-6-14-12(8-13)11-9-15-16(3)10-11/h9-10,12,14H,4-8,13H2,1-3H3. The molecule has 0 aliphatic carbocycles. The van der Waals surface area contributed by atoms with E-state index >= 15 is 0 Å². The van der Waals surface area contributed by atoms with E-state index in [0.717, 1.165) is 31.7 Å². The van der Waals surface area contributed by atoms with Gasteiger partial charge in [-0.1, -0.05) is 13.8 Å². The van der Waals surface area contributed by atoms with E-state index in [0.29, 0.717) is 6.54 Å². The molecule has 0 aromatic carbocycles. The third-order valence-corrected chi connectivity index (χ3v) is 3.08. The Kier molecular flexibility index (Phi) is 6.18. The van der Waals surface area contributed by atoms with Gasteiger partial charge in [0.1, 0.15) is 0 Å². The number of aromatic nitrogens is 2. The molecule has 0 radical (unpaired) electrons. The summed E-state index contributed by atoms with van der Waals surface area (Å²) in [5, 5.41) is 7.65. The predicted molar refractivity (Wildman–Crippen MR) is 70.8 cm³/mol. The topological polar surface area (TPSA) is 59.1 Å². The van der Waals surface area contributed by atoms with Crippen molar-refractivity contribution >= 4 is 0 Å². The average molecular weight is 239 g/mol. The van der Waals surface area contributed by atoms with Gasteiger partial charge in [-0.25, -0.2) is 0 Å². The van der Waals surface area contributed by atoms with Crippen LogP contribution in [0.3, 0.4) is 0 Å². The molecule has 5 heteroatoms. The number of nitrogens with two attached hydrogens (primary N) is 1. The van der Waals surface area contributed by atoms with E-state index in [9.17, 15) is 0 Å². The summed E-state index contributed by atoms with van der Waals surface area (Å²) < 4.78 is 1.81. The highest BCUT2D eigenvalue weighted by molar-refractivity contribution is 5.10. The summed E-state index contributed by atoms with van der Waals surface area (Å²) in [5.74, 6) is 0. The fraction of sp³-hybridized carbons (Fsp3) is 0.750. The van der Waals surface area contributed by atoms with Crippen molar-refractivity contribution in [2.45, 2.75) is 19.9 Å². The van der Waals surface area contributed by atoms with Crippen molar-refractivity contribution in [1.82, 2.24) is 20.0 Å². The molecule has 0 saturated heterocycles. The van der Waals surface area contributed by atoms with Gasteiger partial charge in [0, 0.05) is 44.5 Å². The summed E-state index contributed by atoms with van der Waals surface area (Å²) in [6.07, 6.45) is 3.89. The van der Waals surface area contributed by atoms with Crippen LogP contribution in [0.4, 0.5) is 0 Å². The van der Waals surface area contributed by atoms with Gasteiger partial charge in [0.25, 0.3) is 0 Å². The van der Waals surface area contributed by atoms with E-state index in [4.69, 9.17) is 5.73 Å². The Morgan fingerprint density at radius 3 is 2.65 bits per heavy atom. The molecule has 98 valence electrons. The number of nitrogens with one attached hydrogen (secondary N) is 1. The maximum Gasteiger partial charge on any atom is 0.0538 e. The summed E-state index contributed by atoms with van der Waals surface area (Å²) in [7, 11) is 1.92. The molecule has 1 heterocycles. The Bertz CT molecular complexity index is 306. The van der Waals surface area contributed by atoms with Crippen LogP contribution >= 0.6 is 0 Å². The molecule has 0 spiro atoms. The number of hydrogen-bond donors (Lipinski definition) is 2. The summed E-state index contributed by atoms with van der Waals surface area (Å²) >= 11 is 0. The lowest BCUT2D eigenvalue weighted by molar-refractivity contribution is 0.297. The second-order valence-electron chi connectivity index (χ2n) is 4.22. The van der Waals surface area contributed by atoms with Crippen LogP contribution in [0.2, 0.25) is 0 Å². The fourth-order valence-corrected chi connectivity index (χ4v) is 1.89. The van der Waals surface area contributed by atoms with E-state index in [1.54, 1.807) is 0 Å². The monoisotopic (exact) mass is 239 g/mol. The Morgan fingerprint density at radius 2 is 2.18 bits per heavy atom. The third-order valence-electron chi connectivity index (χ3n) is 3.08. The van der Waals surface area contributed by atoms with Gasteiger partial charge in [-0.3, -0.25) is 4.68 Å². The van der Waals surface area contributed by atoms with Crippen molar-refractivity contribution in [3.05, 3.63) is 18.0 Å². The average Bonchev–Trinajstić information content (AvgIpc) is 2.76. The smallest absolute Gasteiger partial charge is 0.0538 e. The van der Waals surface area contributed by atoms with Gasteiger partial charge in [0.05, 0.1) is 6.20 Å². The molecule has 0 aliphatic rings. The second kappa shape index (κ2) is 7.42. The molecule has 0 fully saturated rings. The van der Waals surface area contributed by atoms with E-state index in [2.05, 4.69) is 29.2 Å². The molecule has 0 aliphatic heterocycles. The Balaban J connectivity index is 2.38. The van der Waals surface area contributed by atoms with Crippen molar-refractivity contribution in [3.63, 3.8) is 0 Å². The molecule has 0 bridgehead atoms. The summed E-state index contributed by atoms with van der Waals surface area (Å²) in [5.41, 5.74) is 6.94. The molecule has 17 heavy (non-hydrogen) atoms. The second-order valence-corrected chi connectivity index (χ2v) is 4.22. The van der Waals surface area contributed by atoms with Gasteiger partial charge in [-0.2, -0.15) is 5.10 Å². The van der Waals surface area contributed by atoms with Gasteiger partial charge in [0.15, 0.2) is 0 Å². The lowest BCUT2D eigenvalue weighted by Gasteiger charge is -2.21. The largest absolute Gasteiger partial charge is 0.329 e. The van der Waals surface area contributed by atoms with Crippen molar-refractivity contribution in [2.75, 3.05) is 32.7 Å². The van der Waals surface area contributed by atoms with Gasteiger partial charge in [0.2, 0.25) is 0 Å². The molecular weight excluding hydrogens is 214 g/mol. The van der Waals surface area contributed by atoms with Crippen molar-refractivity contribution in [2.24, 2.45) is 12.8 Å². The minimum Gasteiger partial charge on any atom is -0.329 e. The first kappa shape index (κ1) is 14.2. The molecule has 3 N–H and O–H groups in total. The number of aryl methyl sites for hydroxylation is 1.